The number of aliphatic hydroxyl groups excluding tert-OH is 4. The van der Waals surface area contributed by atoms with E-state index in [-0.39, 0.29) is 23.9 Å². The average molecular weight is 609 g/mol. The van der Waals surface area contributed by atoms with E-state index < -0.39 is 74.5 Å². The Morgan fingerprint density at radius 3 is 2.47 bits per heavy atom. The number of aliphatic hydroxyl groups is 5. The lowest BCUT2D eigenvalue weighted by Crippen LogP contribution is -2.59. The summed E-state index contributed by atoms with van der Waals surface area (Å²) >= 11 is 0. The maximum absolute atomic E-state index is 12.2. The lowest BCUT2D eigenvalue weighted by molar-refractivity contribution is -0.309. The second-order valence-corrected chi connectivity index (χ2v) is 10.2. The molecule has 0 unspecified atom stereocenters. The molecule has 2 saturated heterocycles. The SMILES string of the molecule is COc1cc(/C=C/C(=O)OC[C@@]2(O)CO[C@@H](OC[C@H]3O[C@@H](OCCc4ccc(O)cc4)[C@H](O)[C@@H](O)[C@@H]3O)[C@@H]2O)ccc1O. The van der Waals surface area contributed by atoms with Crippen LogP contribution >= 0.6 is 0 Å². The number of hydrogen-bond acceptors (Lipinski definition) is 14. The van der Waals surface area contributed by atoms with Crippen LogP contribution in [0.1, 0.15) is 11.1 Å². The zero-order valence-corrected chi connectivity index (χ0v) is 23.3. The fourth-order valence-electron chi connectivity index (χ4n) is 4.47. The maximum Gasteiger partial charge on any atom is 0.330 e. The van der Waals surface area contributed by atoms with Crippen LogP contribution in [-0.2, 0) is 34.9 Å². The van der Waals surface area contributed by atoms with Crippen LogP contribution in [0.2, 0.25) is 0 Å². The van der Waals surface area contributed by atoms with Crippen LogP contribution in [-0.4, -0.2) is 124 Å². The Bertz CT molecular complexity index is 1240. The third-order valence-electron chi connectivity index (χ3n) is 7.09. The molecule has 2 aromatic rings. The van der Waals surface area contributed by atoms with Crippen molar-refractivity contribution in [3.63, 3.8) is 0 Å². The molecule has 14 heteroatoms. The van der Waals surface area contributed by atoms with Gasteiger partial charge in [0.25, 0.3) is 0 Å². The van der Waals surface area contributed by atoms with E-state index >= 15 is 0 Å². The van der Waals surface area contributed by atoms with Crippen molar-refractivity contribution in [1.82, 2.24) is 0 Å². The van der Waals surface area contributed by atoms with E-state index in [9.17, 15) is 40.5 Å². The molecule has 14 nitrogen and oxygen atoms in total. The standard InChI is InChI=1S/C29H36O14/c1-38-20-12-17(4-8-19(20)31)5-9-22(32)41-14-29(37)15-42-28(26(29)36)40-13-21-23(33)24(34)25(35)27(43-21)39-11-10-16-2-6-18(30)7-3-16/h2-9,12,21,23-28,30-31,33-37H,10-11,13-15H2,1H3/b9-5+/t21-,23-,24+,25-,26+,27-,28-,29-/m1/s1. The first-order chi connectivity index (χ1) is 20.5. The van der Waals surface area contributed by atoms with Crippen molar-refractivity contribution in [3.8, 4) is 17.2 Å². The highest BCUT2D eigenvalue weighted by molar-refractivity contribution is 5.87. The lowest BCUT2D eigenvalue weighted by Gasteiger charge is -2.40. The third kappa shape index (κ3) is 8.20. The lowest BCUT2D eigenvalue weighted by atomic mass is 9.99. The molecule has 7 N–H and O–H groups in total. The first-order valence-corrected chi connectivity index (χ1v) is 13.5. The summed E-state index contributed by atoms with van der Waals surface area (Å²) in [6.45, 7) is -1.39. The van der Waals surface area contributed by atoms with Crippen molar-refractivity contribution in [2.45, 2.75) is 55.1 Å². The molecule has 0 amide bonds. The van der Waals surface area contributed by atoms with Gasteiger partial charge < -0.3 is 64.2 Å². The van der Waals surface area contributed by atoms with Crippen LogP contribution in [0.4, 0.5) is 0 Å². The van der Waals surface area contributed by atoms with E-state index in [2.05, 4.69) is 0 Å². The van der Waals surface area contributed by atoms with E-state index in [1.54, 1.807) is 18.2 Å². The minimum atomic E-state index is -2.00. The molecule has 0 spiro atoms. The Hall–Kier alpha value is -3.31. The Morgan fingerprint density at radius 2 is 1.74 bits per heavy atom. The number of phenols is 2. The summed E-state index contributed by atoms with van der Waals surface area (Å²) in [5.41, 5.74) is -0.613. The quantitative estimate of drug-likeness (QED) is 0.116. The van der Waals surface area contributed by atoms with Crippen molar-refractivity contribution < 1.29 is 69.0 Å². The van der Waals surface area contributed by atoms with Gasteiger partial charge in [-0.25, -0.2) is 4.79 Å². The molecular weight excluding hydrogens is 572 g/mol. The summed E-state index contributed by atoms with van der Waals surface area (Å²) in [7, 11) is 1.38. The molecular formula is C29H36O14. The molecule has 2 heterocycles. The predicted octanol–water partition coefficient (Wildman–Crippen LogP) is -0.805. The van der Waals surface area contributed by atoms with Crippen LogP contribution in [0.15, 0.2) is 48.5 Å². The van der Waals surface area contributed by atoms with Crippen molar-refractivity contribution in [1.29, 1.82) is 0 Å². The highest BCUT2D eigenvalue weighted by atomic mass is 16.7. The fraction of sp³-hybridized carbons (Fsp3) is 0.483. The largest absolute Gasteiger partial charge is 0.508 e. The summed E-state index contributed by atoms with van der Waals surface area (Å²) < 4.78 is 32.1. The number of phenolic OH excluding ortho intramolecular Hbond substituents is 2. The number of carbonyl (C=O) groups is 1. The first-order valence-electron chi connectivity index (χ1n) is 13.5. The number of benzene rings is 2. The number of aromatic hydroxyl groups is 2. The second-order valence-electron chi connectivity index (χ2n) is 10.2. The van der Waals surface area contributed by atoms with Crippen molar-refractivity contribution in [2.24, 2.45) is 0 Å². The number of ether oxygens (including phenoxy) is 6. The van der Waals surface area contributed by atoms with Crippen LogP contribution in [0.5, 0.6) is 17.2 Å². The van der Waals surface area contributed by atoms with Crippen LogP contribution in [0.25, 0.3) is 6.08 Å². The number of methoxy groups -OCH3 is 1. The van der Waals surface area contributed by atoms with Gasteiger partial charge in [0.15, 0.2) is 29.7 Å². The van der Waals surface area contributed by atoms with Crippen molar-refractivity contribution in [2.75, 3.05) is 33.5 Å². The maximum atomic E-state index is 12.2. The molecule has 0 saturated carbocycles. The Kier molecular flexibility index (Phi) is 10.9. The topological polar surface area (TPSA) is 214 Å². The van der Waals surface area contributed by atoms with Gasteiger partial charge in [-0.3, -0.25) is 0 Å². The van der Waals surface area contributed by atoms with Gasteiger partial charge in [-0.1, -0.05) is 18.2 Å². The molecule has 2 aliphatic heterocycles. The third-order valence-corrected chi connectivity index (χ3v) is 7.09. The van der Waals surface area contributed by atoms with Gasteiger partial charge in [0.1, 0.15) is 42.9 Å². The highest BCUT2D eigenvalue weighted by Gasteiger charge is 2.51. The zero-order valence-electron chi connectivity index (χ0n) is 23.3. The number of hydrogen-bond donors (Lipinski definition) is 7. The Morgan fingerprint density at radius 1 is 1.00 bits per heavy atom. The number of carbonyl (C=O) groups excluding carboxylic acids is 1. The normalized spacial score (nSPS) is 30.9. The smallest absolute Gasteiger partial charge is 0.330 e. The number of esters is 1. The van der Waals surface area contributed by atoms with Gasteiger partial charge in [0.2, 0.25) is 0 Å². The summed E-state index contributed by atoms with van der Waals surface area (Å²) in [5, 5.41) is 71.4. The molecule has 0 radical (unpaired) electrons. The average Bonchev–Trinajstić information content (AvgIpc) is 3.29. The zero-order chi connectivity index (χ0) is 31.1. The molecule has 236 valence electrons. The Labute approximate surface area is 246 Å². The summed E-state index contributed by atoms with van der Waals surface area (Å²) in [4.78, 5) is 12.2. The molecule has 8 atom stereocenters. The van der Waals surface area contributed by atoms with E-state index in [0.717, 1.165) is 11.6 Å². The molecule has 2 aliphatic rings. The fourth-order valence-corrected chi connectivity index (χ4v) is 4.47. The minimum absolute atomic E-state index is 0.0649. The molecule has 2 fully saturated rings. The first kappa shape index (κ1) is 32.6. The van der Waals surface area contributed by atoms with Gasteiger partial charge in [-0.2, -0.15) is 0 Å². The summed E-state index contributed by atoms with van der Waals surface area (Å²) in [6.07, 6.45) is -7.36. The Balaban J connectivity index is 1.24. The molecule has 0 bridgehead atoms. The van der Waals surface area contributed by atoms with E-state index in [1.807, 2.05) is 0 Å². The van der Waals surface area contributed by atoms with E-state index in [4.69, 9.17) is 28.4 Å². The summed E-state index contributed by atoms with van der Waals surface area (Å²) in [5.74, 6) is -0.551. The van der Waals surface area contributed by atoms with Gasteiger partial charge in [-0.05, 0) is 47.9 Å². The molecule has 0 aliphatic carbocycles. The van der Waals surface area contributed by atoms with Gasteiger partial charge in [0.05, 0.1) is 26.9 Å². The van der Waals surface area contributed by atoms with Gasteiger partial charge >= 0.3 is 5.97 Å². The summed E-state index contributed by atoms with van der Waals surface area (Å²) in [6, 6.07) is 10.9. The molecule has 43 heavy (non-hydrogen) atoms. The van der Waals surface area contributed by atoms with Crippen molar-refractivity contribution >= 4 is 12.0 Å². The van der Waals surface area contributed by atoms with E-state index in [0.29, 0.717) is 12.0 Å². The molecule has 4 rings (SSSR count). The predicted molar refractivity (Wildman–Crippen MR) is 146 cm³/mol. The molecule has 0 aromatic heterocycles. The minimum Gasteiger partial charge on any atom is -0.508 e. The van der Waals surface area contributed by atoms with Crippen LogP contribution in [0, 0.1) is 0 Å². The molecule has 2 aromatic carbocycles. The van der Waals surface area contributed by atoms with Crippen molar-refractivity contribution in [3.05, 3.63) is 59.7 Å². The van der Waals surface area contributed by atoms with Gasteiger partial charge in [-0.15, -0.1) is 0 Å². The van der Waals surface area contributed by atoms with Gasteiger partial charge in [0, 0.05) is 6.08 Å². The monoisotopic (exact) mass is 608 g/mol. The van der Waals surface area contributed by atoms with Crippen LogP contribution in [0.3, 0.4) is 0 Å². The number of rotatable bonds is 12. The van der Waals surface area contributed by atoms with E-state index in [1.165, 1.54) is 37.5 Å². The highest BCUT2D eigenvalue weighted by Crippen LogP contribution is 2.29. The second kappa shape index (κ2) is 14.4. The van der Waals surface area contributed by atoms with Crippen LogP contribution < -0.4 is 4.74 Å².